The second kappa shape index (κ2) is 6.30. The molecule has 2 rings (SSSR count). The molecule has 0 bridgehead atoms. The number of hydrogen-bond donors (Lipinski definition) is 1. The lowest BCUT2D eigenvalue weighted by atomic mass is 10.1. The Labute approximate surface area is 131 Å². The van der Waals surface area contributed by atoms with Gasteiger partial charge in [-0.3, -0.25) is 10.1 Å². The van der Waals surface area contributed by atoms with Crippen molar-refractivity contribution in [2.24, 2.45) is 5.73 Å². The molecule has 0 spiro atoms. The number of nitrogens with zero attached hydrogens (tertiary/aromatic N) is 1. The quantitative estimate of drug-likeness (QED) is 0.651. The van der Waals surface area contributed by atoms with Gasteiger partial charge in [0.1, 0.15) is 16.5 Å². The van der Waals surface area contributed by atoms with Crippen molar-refractivity contribution in [3.05, 3.63) is 62.1 Å². The summed E-state index contributed by atoms with van der Waals surface area (Å²) in [6, 6.07) is 9.19. The molecular weight excluding hydrogens is 315 g/mol. The molecule has 2 N–H and O–H groups in total. The molecule has 1 atom stereocenters. The molecule has 0 aliphatic heterocycles. The first-order valence-corrected chi connectivity index (χ1v) is 6.81. The van der Waals surface area contributed by atoms with Crippen molar-refractivity contribution in [3.63, 3.8) is 0 Å². The van der Waals surface area contributed by atoms with E-state index >= 15 is 0 Å². The highest BCUT2D eigenvalue weighted by Gasteiger charge is 2.14. The highest BCUT2D eigenvalue weighted by Crippen LogP contribution is 2.34. The summed E-state index contributed by atoms with van der Waals surface area (Å²) in [6.07, 6.45) is 0. The molecule has 0 heterocycles. The average molecular weight is 327 g/mol. The first kappa shape index (κ1) is 15.6. The summed E-state index contributed by atoms with van der Waals surface area (Å²) in [5.74, 6) is 0.784. The standard InChI is InChI=1S/C14H12Cl2N2O3/c1-8(17)9-2-5-14(12(16)6-9)21-10-3-4-13(18(19)20)11(15)7-10/h2-8H,17H2,1H3. The van der Waals surface area contributed by atoms with Gasteiger partial charge in [-0.25, -0.2) is 0 Å². The minimum absolute atomic E-state index is 0.000762. The second-order valence-electron chi connectivity index (χ2n) is 4.45. The van der Waals surface area contributed by atoms with Crippen molar-refractivity contribution in [3.8, 4) is 11.5 Å². The number of nitrogens with two attached hydrogens (primary N) is 1. The van der Waals surface area contributed by atoms with Crippen molar-refractivity contribution >= 4 is 28.9 Å². The first-order valence-electron chi connectivity index (χ1n) is 6.05. The largest absolute Gasteiger partial charge is 0.456 e. The fourth-order valence-corrected chi connectivity index (χ4v) is 2.18. The maximum atomic E-state index is 10.7. The second-order valence-corrected chi connectivity index (χ2v) is 5.27. The van der Waals surface area contributed by atoms with Gasteiger partial charge in [-0.15, -0.1) is 0 Å². The third kappa shape index (κ3) is 3.64. The number of hydrogen-bond acceptors (Lipinski definition) is 4. The molecule has 110 valence electrons. The minimum atomic E-state index is -0.559. The fourth-order valence-electron chi connectivity index (χ4n) is 1.71. The Bertz CT molecular complexity index is 690. The summed E-state index contributed by atoms with van der Waals surface area (Å²) in [7, 11) is 0. The van der Waals surface area contributed by atoms with E-state index in [0.29, 0.717) is 16.5 Å². The molecule has 0 aliphatic carbocycles. The van der Waals surface area contributed by atoms with Crippen molar-refractivity contribution in [1.82, 2.24) is 0 Å². The van der Waals surface area contributed by atoms with Crippen LogP contribution in [0.25, 0.3) is 0 Å². The van der Waals surface area contributed by atoms with Gasteiger partial charge < -0.3 is 10.5 Å². The molecule has 0 saturated heterocycles. The fraction of sp³-hybridized carbons (Fsp3) is 0.143. The van der Waals surface area contributed by atoms with Gasteiger partial charge in [0.25, 0.3) is 5.69 Å². The Morgan fingerprint density at radius 1 is 1.19 bits per heavy atom. The maximum absolute atomic E-state index is 10.7. The summed E-state index contributed by atoms with van der Waals surface area (Å²) in [5.41, 5.74) is 6.47. The van der Waals surface area contributed by atoms with Gasteiger partial charge in [0.2, 0.25) is 0 Å². The van der Waals surface area contributed by atoms with Crippen molar-refractivity contribution in [2.75, 3.05) is 0 Å². The van der Waals surface area contributed by atoms with Crippen LogP contribution in [0.15, 0.2) is 36.4 Å². The van der Waals surface area contributed by atoms with Gasteiger partial charge >= 0.3 is 0 Å². The van der Waals surface area contributed by atoms with Crippen LogP contribution in [0.5, 0.6) is 11.5 Å². The molecule has 7 heteroatoms. The third-order valence-electron chi connectivity index (χ3n) is 2.83. The van der Waals surface area contributed by atoms with Crippen LogP contribution in [0.1, 0.15) is 18.5 Å². The average Bonchev–Trinajstić information content (AvgIpc) is 2.40. The highest BCUT2D eigenvalue weighted by molar-refractivity contribution is 6.33. The molecule has 0 saturated carbocycles. The van der Waals surface area contributed by atoms with Crippen molar-refractivity contribution < 1.29 is 9.66 Å². The van der Waals surface area contributed by atoms with Gasteiger partial charge in [0.05, 0.1) is 9.95 Å². The Morgan fingerprint density at radius 3 is 2.43 bits per heavy atom. The van der Waals surface area contributed by atoms with Crippen molar-refractivity contribution in [2.45, 2.75) is 13.0 Å². The number of rotatable bonds is 4. The summed E-state index contributed by atoms with van der Waals surface area (Å²) in [4.78, 5) is 10.1. The summed E-state index contributed by atoms with van der Waals surface area (Å²) < 4.78 is 5.58. The summed E-state index contributed by atoms with van der Waals surface area (Å²) in [5, 5.41) is 11.1. The van der Waals surface area contributed by atoms with Gasteiger partial charge in [-0.05, 0) is 30.7 Å². The van der Waals surface area contributed by atoms with E-state index in [1.54, 1.807) is 18.2 Å². The summed E-state index contributed by atoms with van der Waals surface area (Å²) >= 11 is 11.9. The first-order chi connectivity index (χ1) is 9.88. The lowest BCUT2D eigenvalue weighted by Crippen LogP contribution is -2.04. The van der Waals surface area contributed by atoms with Gasteiger partial charge in [-0.2, -0.15) is 0 Å². The van der Waals surface area contributed by atoms with Crippen LogP contribution in [0.4, 0.5) is 5.69 Å². The van der Waals surface area contributed by atoms with E-state index in [0.717, 1.165) is 5.56 Å². The van der Waals surface area contributed by atoms with Crippen LogP contribution in [-0.2, 0) is 0 Å². The van der Waals surface area contributed by atoms with Crippen molar-refractivity contribution in [1.29, 1.82) is 0 Å². The number of halogens is 2. The number of ether oxygens (including phenoxy) is 1. The molecule has 0 fully saturated rings. The Kier molecular flexibility index (Phi) is 4.67. The molecular formula is C14H12Cl2N2O3. The van der Waals surface area contributed by atoms with Crippen LogP contribution >= 0.6 is 23.2 Å². The number of benzene rings is 2. The predicted molar refractivity (Wildman–Crippen MR) is 82.2 cm³/mol. The molecule has 2 aromatic carbocycles. The van der Waals surface area contributed by atoms with Crippen LogP contribution in [0.3, 0.4) is 0 Å². The van der Waals surface area contributed by atoms with E-state index in [9.17, 15) is 10.1 Å². The van der Waals surface area contributed by atoms with Gasteiger partial charge in [-0.1, -0.05) is 29.3 Å². The lowest BCUT2D eigenvalue weighted by molar-refractivity contribution is -0.384. The SMILES string of the molecule is CC(N)c1ccc(Oc2ccc([N+](=O)[O-])c(Cl)c2)c(Cl)c1. The normalized spacial score (nSPS) is 12.0. The van der Waals surface area contributed by atoms with Gasteiger partial charge in [0, 0.05) is 18.2 Å². The van der Waals surface area contributed by atoms with E-state index in [1.165, 1.54) is 18.2 Å². The molecule has 0 aliphatic rings. The zero-order chi connectivity index (χ0) is 15.6. The number of nitro benzene ring substituents is 1. The molecule has 5 nitrogen and oxygen atoms in total. The van der Waals surface area contributed by atoms with E-state index in [2.05, 4.69) is 0 Å². The van der Waals surface area contributed by atoms with E-state index in [1.807, 2.05) is 6.92 Å². The molecule has 0 aromatic heterocycles. The molecule has 0 radical (unpaired) electrons. The van der Waals surface area contributed by atoms with Gasteiger partial charge in [0.15, 0.2) is 0 Å². The smallest absolute Gasteiger partial charge is 0.288 e. The van der Waals surface area contributed by atoms with E-state index in [4.69, 9.17) is 33.7 Å². The zero-order valence-electron chi connectivity index (χ0n) is 11.0. The molecule has 0 amide bonds. The molecule has 2 aromatic rings. The zero-order valence-corrected chi connectivity index (χ0v) is 12.6. The van der Waals surface area contributed by atoms with E-state index < -0.39 is 4.92 Å². The van der Waals surface area contributed by atoms with Crippen LogP contribution < -0.4 is 10.5 Å². The Morgan fingerprint density at radius 2 is 1.90 bits per heavy atom. The summed E-state index contributed by atoms with van der Waals surface area (Å²) in [6.45, 7) is 1.85. The lowest BCUT2D eigenvalue weighted by Gasteiger charge is -2.11. The topological polar surface area (TPSA) is 78.4 Å². The van der Waals surface area contributed by atoms with E-state index in [-0.39, 0.29) is 16.8 Å². The van der Waals surface area contributed by atoms with Crippen LogP contribution in [0, 0.1) is 10.1 Å². The molecule has 1 unspecified atom stereocenters. The maximum Gasteiger partial charge on any atom is 0.288 e. The highest BCUT2D eigenvalue weighted by atomic mass is 35.5. The Balaban J connectivity index is 2.26. The minimum Gasteiger partial charge on any atom is -0.456 e. The molecule has 21 heavy (non-hydrogen) atoms. The monoisotopic (exact) mass is 326 g/mol. The predicted octanol–water partition coefficient (Wildman–Crippen LogP) is 4.71. The third-order valence-corrected chi connectivity index (χ3v) is 3.42. The number of nitro groups is 1. The van der Waals surface area contributed by atoms with Crippen LogP contribution in [0.2, 0.25) is 10.0 Å². The van der Waals surface area contributed by atoms with Crippen LogP contribution in [-0.4, -0.2) is 4.92 Å². The Hall–Kier alpha value is -1.82.